The minimum Gasteiger partial charge on any atom is -0.490 e. The van der Waals surface area contributed by atoms with Crippen molar-refractivity contribution in [1.82, 2.24) is 0 Å². The van der Waals surface area contributed by atoms with E-state index in [1.54, 1.807) is 19.1 Å². The molecule has 3 rings (SSSR count). The minimum atomic E-state index is -1.60. The van der Waals surface area contributed by atoms with Crippen LogP contribution >= 0.6 is 0 Å². The third kappa shape index (κ3) is 11.7. The molecule has 2 aromatic carbocycles. The van der Waals surface area contributed by atoms with Crippen LogP contribution < -0.4 is 9.47 Å². The molecule has 1 saturated carbocycles. The number of benzene rings is 2. The quantitative estimate of drug-likeness (QED) is 0.0876. The molecule has 2 atom stereocenters. The number of ether oxygens (including phenoxy) is 3. The molecular weight excluding hydrogens is 581 g/mol. The van der Waals surface area contributed by atoms with Gasteiger partial charge in [0.15, 0.2) is 17.7 Å². The normalized spacial score (nSPS) is 17.8. The van der Waals surface area contributed by atoms with Gasteiger partial charge in [0.2, 0.25) is 5.82 Å². The fraction of sp³-hybridized carbons (Fsp3) is 0.622. The molecule has 1 aliphatic carbocycles. The molecule has 0 N–H and O–H groups in total. The molecule has 1 aliphatic rings. The lowest BCUT2D eigenvalue weighted by Crippen LogP contribution is -2.31. The van der Waals surface area contributed by atoms with Gasteiger partial charge in [-0.3, -0.25) is 0 Å². The van der Waals surface area contributed by atoms with Crippen molar-refractivity contribution < 1.29 is 37.0 Å². The van der Waals surface area contributed by atoms with Crippen molar-refractivity contribution in [3.05, 3.63) is 59.2 Å². The highest BCUT2D eigenvalue weighted by Gasteiger charge is 2.30. The molecule has 45 heavy (non-hydrogen) atoms. The molecule has 0 unspecified atom stereocenters. The Bertz CT molecular complexity index is 1180. The Balaban J connectivity index is 1.40. The number of unbranched alkanes of at least 4 members (excludes halogenated alkanes) is 9. The van der Waals surface area contributed by atoms with E-state index in [0.29, 0.717) is 19.3 Å². The third-order valence-electron chi connectivity index (χ3n) is 8.91. The maximum atomic E-state index is 14.8. The van der Waals surface area contributed by atoms with E-state index in [2.05, 4.69) is 6.92 Å². The van der Waals surface area contributed by atoms with Gasteiger partial charge in [-0.2, -0.15) is 4.39 Å². The zero-order valence-electron chi connectivity index (χ0n) is 27.3. The van der Waals surface area contributed by atoms with E-state index in [-0.39, 0.29) is 36.0 Å². The van der Waals surface area contributed by atoms with Crippen LogP contribution in [0.5, 0.6) is 11.5 Å². The van der Waals surface area contributed by atoms with Gasteiger partial charge >= 0.3 is 11.9 Å². The average molecular weight is 633 g/mol. The lowest BCUT2D eigenvalue weighted by molar-refractivity contribution is -0.158. The zero-order valence-corrected chi connectivity index (χ0v) is 27.3. The van der Waals surface area contributed by atoms with Crippen LogP contribution in [-0.2, 0) is 9.53 Å². The Morgan fingerprint density at radius 1 is 0.800 bits per heavy atom. The molecule has 2 aromatic rings. The van der Waals surface area contributed by atoms with E-state index >= 15 is 0 Å². The Labute approximate surface area is 267 Å². The smallest absolute Gasteiger partial charge is 0.346 e. The first-order valence-electron chi connectivity index (χ1n) is 17.0. The highest BCUT2D eigenvalue weighted by Crippen LogP contribution is 2.35. The summed E-state index contributed by atoms with van der Waals surface area (Å²) in [5, 5.41) is 0. The summed E-state index contributed by atoms with van der Waals surface area (Å²) >= 11 is 0. The van der Waals surface area contributed by atoms with Crippen LogP contribution in [-0.4, -0.2) is 30.8 Å². The van der Waals surface area contributed by atoms with Gasteiger partial charge < -0.3 is 14.2 Å². The van der Waals surface area contributed by atoms with Crippen LogP contribution in [0.1, 0.15) is 139 Å². The summed E-state index contributed by atoms with van der Waals surface area (Å²) in [4.78, 5) is 24.7. The van der Waals surface area contributed by atoms with Gasteiger partial charge in [-0.05, 0) is 73.8 Å². The highest BCUT2D eigenvalue weighted by molar-refractivity contribution is 5.91. The minimum absolute atomic E-state index is 0.214. The second kappa shape index (κ2) is 19.5. The van der Waals surface area contributed by atoms with Crippen molar-refractivity contribution >= 4 is 11.9 Å². The standard InChI is InChI=1S/C37H51F3O5/c1-4-6-7-8-9-10-11-12-13-14-25-43-32-24-23-31(34(39)35(32)40)36(41)44-29-19-15-27(16-20-29)28-17-21-30(22-18-28)45-37(42)33(38)26(3)5-2/h15-16,19-20,23-24,26,28,30,33H,4-14,17-18,21-22,25H2,1-3H3/t26-,28?,30?,33-/m0/s1. The van der Waals surface area contributed by atoms with E-state index in [1.807, 2.05) is 19.1 Å². The SMILES string of the molecule is CCCCCCCCCCCCOc1ccc(C(=O)Oc2ccc(C3CCC(OC(=O)[C@@H](F)[C@@H](C)CC)CC3)cc2)c(F)c1F. The van der Waals surface area contributed by atoms with Crippen LogP contribution in [0.15, 0.2) is 36.4 Å². The van der Waals surface area contributed by atoms with E-state index in [1.165, 1.54) is 57.1 Å². The molecule has 1 fully saturated rings. The van der Waals surface area contributed by atoms with Gasteiger partial charge in [0.25, 0.3) is 0 Å². The third-order valence-corrected chi connectivity index (χ3v) is 8.91. The van der Waals surface area contributed by atoms with Crippen molar-refractivity contribution in [2.45, 2.75) is 135 Å². The van der Waals surface area contributed by atoms with E-state index in [4.69, 9.17) is 14.2 Å². The lowest BCUT2D eigenvalue weighted by atomic mass is 9.82. The van der Waals surface area contributed by atoms with E-state index in [0.717, 1.165) is 37.7 Å². The molecule has 0 saturated heterocycles. The monoisotopic (exact) mass is 632 g/mol. The summed E-state index contributed by atoms with van der Waals surface area (Å²) in [5.41, 5.74) is 0.531. The number of esters is 2. The number of alkyl halides is 1. The Kier molecular flexibility index (Phi) is 15.8. The van der Waals surface area contributed by atoms with Gasteiger partial charge in [-0.15, -0.1) is 0 Å². The molecule has 0 aliphatic heterocycles. The summed E-state index contributed by atoms with van der Waals surface area (Å²) in [5.74, 6) is -4.41. The van der Waals surface area contributed by atoms with Crippen LogP contribution in [0.2, 0.25) is 0 Å². The average Bonchev–Trinajstić information content (AvgIpc) is 3.05. The summed E-state index contributed by atoms with van der Waals surface area (Å²) < 4.78 is 59.8. The second-order valence-electron chi connectivity index (χ2n) is 12.4. The first-order valence-corrected chi connectivity index (χ1v) is 17.0. The molecule has 5 nitrogen and oxygen atoms in total. The Hall–Kier alpha value is -3.03. The predicted molar refractivity (Wildman–Crippen MR) is 171 cm³/mol. The van der Waals surface area contributed by atoms with Gasteiger partial charge in [0.05, 0.1) is 12.2 Å². The number of hydrogen-bond acceptors (Lipinski definition) is 5. The number of carbonyl (C=O) groups excluding carboxylic acids is 2. The molecule has 250 valence electrons. The molecule has 0 bridgehead atoms. The maximum Gasteiger partial charge on any atom is 0.346 e. The molecule has 0 aromatic heterocycles. The number of halogens is 3. The molecule has 0 amide bonds. The molecule has 0 spiro atoms. The fourth-order valence-electron chi connectivity index (χ4n) is 5.73. The summed E-state index contributed by atoms with van der Waals surface area (Å²) in [6.45, 7) is 6.04. The van der Waals surface area contributed by atoms with Crippen LogP contribution in [0.25, 0.3) is 0 Å². The second-order valence-corrected chi connectivity index (χ2v) is 12.4. The van der Waals surface area contributed by atoms with Crippen LogP contribution in [0, 0.1) is 17.6 Å². The molecule has 8 heteroatoms. The summed E-state index contributed by atoms with van der Waals surface area (Å²) in [7, 11) is 0. The lowest BCUT2D eigenvalue weighted by Gasteiger charge is -2.29. The van der Waals surface area contributed by atoms with Gasteiger partial charge in [0, 0.05) is 0 Å². The van der Waals surface area contributed by atoms with Gasteiger partial charge in [0.1, 0.15) is 11.9 Å². The number of carbonyl (C=O) groups is 2. The van der Waals surface area contributed by atoms with Crippen molar-refractivity contribution in [2.24, 2.45) is 5.92 Å². The summed E-state index contributed by atoms with van der Waals surface area (Å²) in [6.07, 6.45) is 13.2. The molecule has 0 radical (unpaired) electrons. The Morgan fingerprint density at radius 3 is 2.00 bits per heavy atom. The van der Waals surface area contributed by atoms with Crippen molar-refractivity contribution in [3.8, 4) is 11.5 Å². The predicted octanol–water partition coefficient (Wildman–Crippen LogP) is 10.4. The van der Waals surface area contributed by atoms with Crippen LogP contribution in [0.4, 0.5) is 13.2 Å². The largest absolute Gasteiger partial charge is 0.490 e. The maximum absolute atomic E-state index is 14.8. The first-order chi connectivity index (χ1) is 21.7. The molecule has 0 heterocycles. The van der Waals surface area contributed by atoms with E-state index < -0.39 is 35.3 Å². The fourth-order valence-corrected chi connectivity index (χ4v) is 5.73. The Morgan fingerprint density at radius 2 is 1.40 bits per heavy atom. The zero-order chi connectivity index (χ0) is 32.6. The first kappa shape index (κ1) is 36.4. The highest BCUT2D eigenvalue weighted by atomic mass is 19.2. The summed E-state index contributed by atoms with van der Waals surface area (Å²) in [6, 6.07) is 9.36. The number of hydrogen-bond donors (Lipinski definition) is 0. The topological polar surface area (TPSA) is 61.8 Å². The van der Waals surface area contributed by atoms with Crippen LogP contribution in [0.3, 0.4) is 0 Å². The van der Waals surface area contributed by atoms with Crippen molar-refractivity contribution in [1.29, 1.82) is 0 Å². The molecular formula is C37H51F3O5. The van der Waals surface area contributed by atoms with Crippen molar-refractivity contribution in [3.63, 3.8) is 0 Å². The van der Waals surface area contributed by atoms with Gasteiger partial charge in [-0.25, -0.2) is 18.4 Å². The number of rotatable bonds is 19. The van der Waals surface area contributed by atoms with Gasteiger partial charge in [-0.1, -0.05) is 97.1 Å². The van der Waals surface area contributed by atoms with Crippen molar-refractivity contribution in [2.75, 3.05) is 6.61 Å². The van der Waals surface area contributed by atoms with E-state index in [9.17, 15) is 22.8 Å².